The second kappa shape index (κ2) is 13.7. The van der Waals surface area contributed by atoms with Crippen LogP contribution < -0.4 is 0 Å². The lowest BCUT2D eigenvalue weighted by Crippen LogP contribution is -2.64. The molecule has 2 aromatic heterocycles. The van der Waals surface area contributed by atoms with E-state index in [4.69, 9.17) is 26.4 Å². The van der Waals surface area contributed by atoms with Gasteiger partial charge in [-0.05, 0) is 108 Å². The lowest BCUT2D eigenvalue weighted by Gasteiger charge is -2.49. The molecule has 0 saturated carbocycles. The first-order valence-electron chi connectivity index (χ1n) is 17.6. The van der Waals surface area contributed by atoms with Gasteiger partial charge < -0.3 is 9.84 Å². The van der Waals surface area contributed by atoms with Crippen molar-refractivity contribution < 1.29 is 27.8 Å². The number of aromatic nitrogens is 3. The normalized spacial score (nSPS) is 18.3. The summed E-state index contributed by atoms with van der Waals surface area (Å²) >= 11 is 7.79. The lowest BCUT2D eigenvalue weighted by molar-refractivity contribution is -0.195. The Balaban J connectivity index is 1.21. The standard InChI is InChI=1S/C39H43ClF3N5O3S/c1-21-17-29-35(32(23-7-10-26(40)11-8-23)31(21)34(37(49)50)51-38(3,4)5)52-36(44-29)25-9-12-30-28(18-25)33(45-46(30)6)24-13-15-47(16-14-24)27-19-48(20-27)22(2)39(41,42)43/h7-12,17-18,22,24,27,34H,13-16,19-20H2,1-6H3,(H,49,50)/t22?,34-/m0/s1. The highest BCUT2D eigenvalue weighted by Crippen LogP contribution is 2.45. The molecule has 2 aliphatic heterocycles. The van der Waals surface area contributed by atoms with E-state index in [1.54, 1.807) is 12.1 Å². The van der Waals surface area contributed by atoms with Crippen molar-refractivity contribution in [3.8, 4) is 21.7 Å². The summed E-state index contributed by atoms with van der Waals surface area (Å²) in [5.41, 5.74) is 6.00. The molecule has 4 heterocycles. The fraction of sp³-hybridized carbons (Fsp3) is 0.462. The molecule has 2 saturated heterocycles. The van der Waals surface area contributed by atoms with Gasteiger partial charge in [0.1, 0.15) is 11.0 Å². The maximum Gasteiger partial charge on any atom is 0.403 e. The average molecular weight is 754 g/mol. The van der Waals surface area contributed by atoms with Crippen LogP contribution in [0.25, 0.3) is 42.8 Å². The Bertz CT molecular complexity index is 2130. The van der Waals surface area contributed by atoms with Crippen molar-refractivity contribution >= 4 is 50.0 Å². The maximum atomic E-state index is 13.2. The molecule has 0 bridgehead atoms. The van der Waals surface area contributed by atoms with Crippen LogP contribution in [0.1, 0.15) is 69.4 Å². The average Bonchev–Trinajstić information content (AvgIpc) is 3.62. The number of hydrogen-bond acceptors (Lipinski definition) is 7. The number of halogens is 4. The molecule has 8 nitrogen and oxygen atoms in total. The number of piperidine rings is 1. The van der Waals surface area contributed by atoms with Crippen molar-refractivity contribution in [2.45, 2.75) is 83.3 Å². The Morgan fingerprint density at radius 3 is 2.31 bits per heavy atom. The van der Waals surface area contributed by atoms with Crippen LogP contribution >= 0.6 is 22.9 Å². The van der Waals surface area contributed by atoms with E-state index in [-0.39, 0.29) is 12.0 Å². The Labute approximate surface area is 310 Å². The number of carboxylic acids is 1. The van der Waals surface area contributed by atoms with Gasteiger partial charge in [0, 0.05) is 59.2 Å². The zero-order valence-corrected chi connectivity index (χ0v) is 31.7. The number of likely N-dealkylation sites (tertiary alicyclic amines) is 2. The minimum atomic E-state index is -4.20. The number of nitrogens with zero attached hydrogens (tertiary/aromatic N) is 5. The molecule has 1 unspecified atom stereocenters. The number of thiazole rings is 1. The SMILES string of the molecule is Cc1cc2nc(-c3ccc4c(c3)c(C3CCN(C5CN(C(C)C(F)(F)F)C5)CC3)nn4C)sc2c(-c2ccc(Cl)cc2)c1[C@H](OC(C)(C)C)C(=O)O. The number of rotatable bonds is 8. The van der Waals surface area contributed by atoms with Crippen LogP contribution in [0.15, 0.2) is 48.5 Å². The largest absolute Gasteiger partial charge is 0.479 e. The number of hydrogen-bond donors (Lipinski definition) is 1. The number of aryl methyl sites for hydroxylation is 2. The van der Waals surface area contributed by atoms with Gasteiger partial charge in [0.25, 0.3) is 0 Å². The summed E-state index contributed by atoms with van der Waals surface area (Å²) in [4.78, 5) is 21.7. The molecule has 7 rings (SSSR count). The van der Waals surface area contributed by atoms with Crippen LogP contribution in [0.5, 0.6) is 0 Å². The van der Waals surface area contributed by atoms with Gasteiger partial charge in [0.05, 0.1) is 27.0 Å². The monoisotopic (exact) mass is 753 g/mol. The maximum absolute atomic E-state index is 13.2. The first kappa shape index (κ1) is 36.8. The van der Waals surface area contributed by atoms with Crippen LogP contribution in [-0.2, 0) is 16.6 Å². The summed E-state index contributed by atoms with van der Waals surface area (Å²) < 4.78 is 48.5. The van der Waals surface area contributed by atoms with Gasteiger partial charge in [-0.15, -0.1) is 11.3 Å². The third kappa shape index (κ3) is 7.08. The second-order valence-electron chi connectivity index (χ2n) is 15.2. The zero-order chi connectivity index (χ0) is 37.3. The quantitative estimate of drug-likeness (QED) is 0.169. The summed E-state index contributed by atoms with van der Waals surface area (Å²) in [6.07, 6.45) is -3.63. The van der Waals surface area contributed by atoms with Crippen molar-refractivity contribution in [3.63, 3.8) is 0 Å². The van der Waals surface area contributed by atoms with E-state index in [1.807, 2.05) is 57.6 Å². The molecule has 0 radical (unpaired) electrons. The third-order valence-corrected chi connectivity index (χ3v) is 11.9. The van der Waals surface area contributed by atoms with E-state index in [2.05, 4.69) is 23.1 Å². The first-order valence-corrected chi connectivity index (χ1v) is 18.8. The highest BCUT2D eigenvalue weighted by atomic mass is 35.5. The lowest BCUT2D eigenvalue weighted by atomic mass is 9.89. The second-order valence-corrected chi connectivity index (χ2v) is 16.6. The van der Waals surface area contributed by atoms with Crippen molar-refractivity contribution in [2.75, 3.05) is 26.2 Å². The van der Waals surface area contributed by atoms with Crippen LogP contribution in [-0.4, -0.2) is 85.7 Å². The molecule has 2 fully saturated rings. The van der Waals surface area contributed by atoms with Gasteiger partial charge in [-0.25, -0.2) is 9.78 Å². The van der Waals surface area contributed by atoms with E-state index < -0.39 is 29.9 Å². The van der Waals surface area contributed by atoms with Crippen molar-refractivity contribution in [1.29, 1.82) is 0 Å². The van der Waals surface area contributed by atoms with Gasteiger partial charge in [0.15, 0.2) is 6.10 Å². The minimum Gasteiger partial charge on any atom is -0.479 e. The van der Waals surface area contributed by atoms with Crippen LogP contribution in [0.2, 0.25) is 5.02 Å². The molecule has 5 aromatic rings. The van der Waals surface area contributed by atoms with Crippen LogP contribution in [0, 0.1) is 6.92 Å². The van der Waals surface area contributed by atoms with E-state index in [9.17, 15) is 23.1 Å². The smallest absolute Gasteiger partial charge is 0.403 e. The molecule has 3 aromatic carbocycles. The Morgan fingerprint density at radius 2 is 1.69 bits per heavy atom. The Kier molecular flexibility index (Phi) is 9.69. The molecule has 276 valence electrons. The number of carboxylic acid groups (broad SMARTS) is 1. The predicted molar refractivity (Wildman–Crippen MR) is 200 cm³/mol. The van der Waals surface area contributed by atoms with Gasteiger partial charge in [-0.1, -0.05) is 23.7 Å². The van der Waals surface area contributed by atoms with Gasteiger partial charge in [-0.3, -0.25) is 14.5 Å². The van der Waals surface area contributed by atoms with Crippen LogP contribution in [0.3, 0.4) is 0 Å². The summed E-state index contributed by atoms with van der Waals surface area (Å²) in [5.74, 6) is -0.836. The first-order chi connectivity index (χ1) is 24.5. The van der Waals surface area contributed by atoms with E-state index >= 15 is 0 Å². The predicted octanol–water partition coefficient (Wildman–Crippen LogP) is 9.23. The number of alkyl halides is 3. The van der Waals surface area contributed by atoms with Crippen molar-refractivity contribution in [2.24, 2.45) is 7.05 Å². The molecular formula is C39H43ClF3N5O3S. The zero-order valence-electron chi connectivity index (χ0n) is 30.1. The molecule has 13 heteroatoms. The highest BCUT2D eigenvalue weighted by molar-refractivity contribution is 7.22. The molecule has 2 aliphatic rings. The topological polar surface area (TPSA) is 83.7 Å². The molecule has 0 spiro atoms. The molecule has 0 aliphatic carbocycles. The number of aliphatic carboxylic acids is 1. The Hall–Kier alpha value is -3.55. The third-order valence-electron chi connectivity index (χ3n) is 10.5. The highest BCUT2D eigenvalue weighted by Gasteiger charge is 2.46. The van der Waals surface area contributed by atoms with Crippen molar-refractivity contribution in [3.05, 3.63) is 70.4 Å². The summed E-state index contributed by atoms with van der Waals surface area (Å²) in [5, 5.41) is 17.8. The summed E-state index contributed by atoms with van der Waals surface area (Å²) in [6, 6.07) is 14.4. The molecule has 0 amide bonds. The summed E-state index contributed by atoms with van der Waals surface area (Å²) in [6.45, 7) is 11.2. The minimum absolute atomic E-state index is 0.157. The fourth-order valence-corrected chi connectivity index (χ4v) is 8.92. The van der Waals surface area contributed by atoms with Crippen molar-refractivity contribution in [1.82, 2.24) is 24.6 Å². The van der Waals surface area contributed by atoms with Gasteiger partial charge >= 0.3 is 12.1 Å². The molecule has 2 atom stereocenters. The van der Waals surface area contributed by atoms with E-state index in [0.717, 1.165) is 80.0 Å². The Morgan fingerprint density at radius 1 is 1.04 bits per heavy atom. The molecule has 52 heavy (non-hydrogen) atoms. The van der Waals surface area contributed by atoms with Crippen LogP contribution in [0.4, 0.5) is 13.2 Å². The molecular weight excluding hydrogens is 711 g/mol. The van der Waals surface area contributed by atoms with Gasteiger partial charge in [0.2, 0.25) is 0 Å². The summed E-state index contributed by atoms with van der Waals surface area (Å²) in [7, 11) is 1.95. The number of ether oxygens (including phenoxy) is 1. The molecule has 1 N–H and O–H groups in total. The van der Waals surface area contributed by atoms with Gasteiger partial charge in [-0.2, -0.15) is 18.3 Å². The number of fused-ring (bicyclic) bond motifs is 2. The number of benzene rings is 3. The van der Waals surface area contributed by atoms with E-state index in [1.165, 1.54) is 23.2 Å². The van der Waals surface area contributed by atoms with E-state index in [0.29, 0.717) is 23.7 Å². The number of carbonyl (C=O) groups is 1. The fourth-order valence-electron chi connectivity index (χ4n) is 7.67.